The Bertz CT molecular complexity index is 568. The van der Waals surface area contributed by atoms with Crippen LogP contribution < -0.4 is 10.9 Å². The molecule has 3 nitrogen and oxygen atoms in total. The molecule has 0 saturated carbocycles. The SMILES string of the molecule is Cc1ccc(C(=O)NNc2c(C)cccc2C)cc1. The fourth-order valence-electron chi connectivity index (χ4n) is 1.91. The lowest BCUT2D eigenvalue weighted by Crippen LogP contribution is -2.30. The number of nitrogens with one attached hydrogen (secondary N) is 2. The number of hydrogen-bond donors (Lipinski definition) is 2. The molecule has 2 rings (SSSR count). The monoisotopic (exact) mass is 254 g/mol. The number of carbonyl (C=O) groups excluding carboxylic acids is 1. The molecule has 0 saturated heterocycles. The Balaban J connectivity index is 2.06. The minimum atomic E-state index is -0.136. The van der Waals surface area contributed by atoms with Crippen LogP contribution in [-0.2, 0) is 0 Å². The number of rotatable bonds is 3. The first kappa shape index (κ1) is 13.1. The minimum absolute atomic E-state index is 0.136. The third-order valence-corrected chi connectivity index (χ3v) is 3.10. The van der Waals surface area contributed by atoms with Gasteiger partial charge in [-0.2, -0.15) is 0 Å². The molecule has 0 radical (unpaired) electrons. The smallest absolute Gasteiger partial charge is 0.269 e. The molecule has 1 amide bonds. The molecule has 0 bridgehead atoms. The number of hydrogen-bond acceptors (Lipinski definition) is 2. The topological polar surface area (TPSA) is 41.1 Å². The van der Waals surface area contributed by atoms with E-state index in [-0.39, 0.29) is 5.91 Å². The van der Waals surface area contributed by atoms with Crippen molar-refractivity contribution in [1.29, 1.82) is 0 Å². The molecule has 3 heteroatoms. The number of carbonyl (C=O) groups is 1. The lowest BCUT2D eigenvalue weighted by Gasteiger charge is -2.13. The fourth-order valence-corrected chi connectivity index (χ4v) is 1.91. The molecule has 2 aromatic carbocycles. The Morgan fingerprint density at radius 2 is 1.47 bits per heavy atom. The van der Waals surface area contributed by atoms with Crippen LogP contribution in [0.15, 0.2) is 42.5 Å². The molecule has 0 aliphatic carbocycles. The van der Waals surface area contributed by atoms with E-state index in [0.717, 1.165) is 22.4 Å². The van der Waals surface area contributed by atoms with Gasteiger partial charge in [-0.1, -0.05) is 35.9 Å². The van der Waals surface area contributed by atoms with Crippen LogP contribution in [0.3, 0.4) is 0 Å². The summed E-state index contributed by atoms with van der Waals surface area (Å²) in [5.74, 6) is -0.136. The molecule has 0 atom stereocenters. The molecule has 0 aromatic heterocycles. The minimum Gasteiger partial charge on any atom is -0.298 e. The first-order valence-electron chi connectivity index (χ1n) is 6.27. The van der Waals surface area contributed by atoms with Crippen LogP contribution in [0.25, 0.3) is 0 Å². The zero-order valence-corrected chi connectivity index (χ0v) is 11.4. The Morgan fingerprint density at radius 3 is 2.05 bits per heavy atom. The van der Waals surface area contributed by atoms with Crippen molar-refractivity contribution in [3.8, 4) is 0 Å². The maximum absolute atomic E-state index is 12.0. The summed E-state index contributed by atoms with van der Waals surface area (Å²) in [6.07, 6.45) is 0. The molecule has 98 valence electrons. The van der Waals surface area contributed by atoms with Gasteiger partial charge < -0.3 is 0 Å². The van der Waals surface area contributed by atoms with Crippen LogP contribution in [0.2, 0.25) is 0 Å². The van der Waals surface area contributed by atoms with Crippen molar-refractivity contribution >= 4 is 11.6 Å². The van der Waals surface area contributed by atoms with Gasteiger partial charge in [-0.05, 0) is 44.0 Å². The summed E-state index contributed by atoms with van der Waals surface area (Å²) in [7, 11) is 0. The lowest BCUT2D eigenvalue weighted by molar-refractivity contribution is 0.0962. The molecule has 2 N–H and O–H groups in total. The van der Waals surface area contributed by atoms with Gasteiger partial charge in [0.2, 0.25) is 0 Å². The molecule has 0 unspecified atom stereocenters. The normalized spacial score (nSPS) is 10.1. The Labute approximate surface area is 113 Å². The second kappa shape index (κ2) is 5.57. The Kier molecular flexibility index (Phi) is 3.85. The number of amides is 1. The summed E-state index contributed by atoms with van der Waals surface area (Å²) in [5, 5.41) is 0. The van der Waals surface area contributed by atoms with E-state index in [1.807, 2.05) is 63.2 Å². The van der Waals surface area contributed by atoms with Gasteiger partial charge in [0.15, 0.2) is 0 Å². The maximum Gasteiger partial charge on any atom is 0.269 e. The van der Waals surface area contributed by atoms with Crippen LogP contribution in [0.4, 0.5) is 5.69 Å². The van der Waals surface area contributed by atoms with Gasteiger partial charge in [-0.3, -0.25) is 15.6 Å². The van der Waals surface area contributed by atoms with Crippen LogP contribution in [0, 0.1) is 20.8 Å². The van der Waals surface area contributed by atoms with Crippen LogP contribution in [0.5, 0.6) is 0 Å². The van der Waals surface area contributed by atoms with Gasteiger partial charge in [0.25, 0.3) is 5.91 Å². The highest BCUT2D eigenvalue weighted by molar-refractivity contribution is 5.95. The number of anilines is 1. The fraction of sp³-hybridized carbons (Fsp3) is 0.188. The van der Waals surface area contributed by atoms with E-state index >= 15 is 0 Å². The van der Waals surface area contributed by atoms with Crippen LogP contribution >= 0.6 is 0 Å². The summed E-state index contributed by atoms with van der Waals surface area (Å²) in [5.41, 5.74) is 10.7. The Hall–Kier alpha value is -2.29. The lowest BCUT2D eigenvalue weighted by atomic mass is 10.1. The highest BCUT2D eigenvalue weighted by atomic mass is 16.2. The molecule has 0 aliphatic rings. The van der Waals surface area contributed by atoms with E-state index < -0.39 is 0 Å². The van der Waals surface area contributed by atoms with Gasteiger partial charge in [-0.25, -0.2) is 0 Å². The average molecular weight is 254 g/mol. The quantitative estimate of drug-likeness (QED) is 0.824. The van der Waals surface area contributed by atoms with E-state index in [9.17, 15) is 4.79 Å². The third kappa shape index (κ3) is 3.13. The Morgan fingerprint density at radius 1 is 0.895 bits per heavy atom. The van der Waals surface area contributed by atoms with Crippen molar-refractivity contribution in [3.63, 3.8) is 0 Å². The number of aryl methyl sites for hydroxylation is 3. The van der Waals surface area contributed by atoms with Crippen molar-refractivity contribution in [1.82, 2.24) is 5.43 Å². The summed E-state index contributed by atoms with van der Waals surface area (Å²) < 4.78 is 0. The average Bonchev–Trinajstić information content (AvgIpc) is 2.38. The van der Waals surface area contributed by atoms with Gasteiger partial charge in [-0.15, -0.1) is 0 Å². The largest absolute Gasteiger partial charge is 0.298 e. The number of benzene rings is 2. The van der Waals surface area contributed by atoms with E-state index in [2.05, 4.69) is 10.9 Å². The zero-order valence-electron chi connectivity index (χ0n) is 11.4. The van der Waals surface area contributed by atoms with E-state index in [1.54, 1.807) is 0 Å². The highest BCUT2D eigenvalue weighted by Crippen LogP contribution is 2.18. The predicted octanol–water partition coefficient (Wildman–Crippen LogP) is 3.37. The molecule has 0 spiro atoms. The summed E-state index contributed by atoms with van der Waals surface area (Å²) >= 11 is 0. The standard InChI is InChI=1S/C16H18N2O/c1-11-7-9-14(10-8-11)16(19)18-17-15-12(2)5-4-6-13(15)3/h4-10,17H,1-3H3,(H,18,19). The predicted molar refractivity (Wildman–Crippen MR) is 78.2 cm³/mol. The van der Waals surface area contributed by atoms with Crippen molar-refractivity contribution in [2.24, 2.45) is 0 Å². The molecule has 19 heavy (non-hydrogen) atoms. The maximum atomic E-state index is 12.0. The zero-order chi connectivity index (χ0) is 13.8. The van der Waals surface area contributed by atoms with Gasteiger partial charge in [0, 0.05) is 5.56 Å². The first-order valence-corrected chi connectivity index (χ1v) is 6.27. The summed E-state index contributed by atoms with van der Waals surface area (Å²) in [6, 6.07) is 13.5. The van der Waals surface area contributed by atoms with Crippen molar-refractivity contribution in [2.45, 2.75) is 20.8 Å². The summed E-state index contributed by atoms with van der Waals surface area (Å²) in [4.78, 5) is 12.0. The molecule has 0 heterocycles. The molecule has 0 aliphatic heterocycles. The summed E-state index contributed by atoms with van der Waals surface area (Å²) in [6.45, 7) is 6.01. The third-order valence-electron chi connectivity index (χ3n) is 3.10. The number of para-hydroxylation sites is 1. The van der Waals surface area contributed by atoms with E-state index in [0.29, 0.717) is 5.56 Å². The number of hydrazine groups is 1. The van der Waals surface area contributed by atoms with Crippen LogP contribution in [-0.4, -0.2) is 5.91 Å². The first-order chi connectivity index (χ1) is 9.08. The van der Waals surface area contributed by atoms with Gasteiger partial charge >= 0.3 is 0 Å². The second-order valence-electron chi connectivity index (χ2n) is 4.71. The van der Waals surface area contributed by atoms with Gasteiger partial charge in [0.1, 0.15) is 0 Å². The van der Waals surface area contributed by atoms with Crippen molar-refractivity contribution in [3.05, 3.63) is 64.7 Å². The van der Waals surface area contributed by atoms with E-state index in [4.69, 9.17) is 0 Å². The molecule has 0 fully saturated rings. The highest BCUT2D eigenvalue weighted by Gasteiger charge is 2.06. The van der Waals surface area contributed by atoms with Crippen molar-refractivity contribution < 1.29 is 4.79 Å². The molecular weight excluding hydrogens is 236 g/mol. The van der Waals surface area contributed by atoms with E-state index in [1.165, 1.54) is 0 Å². The van der Waals surface area contributed by atoms with Crippen LogP contribution in [0.1, 0.15) is 27.0 Å². The van der Waals surface area contributed by atoms with Crippen molar-refractivity contribution in [2.75, 3.05) is 5.43 Å². The molecular formula is C16H18N2O. The second-order valence-corrected chi connectivity index (χ2v) is 4.71. The molecule has 2 aromatic rings. The van der Waals surface area contributed by atoms with Gasteiger partial charge in [0.05, 0.1) is 5.69 Å².